The third-order valence-electron chi connectivity index (χ3n) is 2.42. The summed E-state index contributed by atoms with van der Waals surface area (Å²) in [6.45, 7) is 12.5. The number of hydrogen-bond donors (Lipinski definition) is 0. The zero-order valence-corrected chi connectivity index (χ0v) is 10.1. The van der Waals surface area contributed by atoms with Gasteiger partial charge in [-0.2, -0.15) is 0 Å². The molecule has 0 radical (unpaired) electrons. The van der Waals surface area contributed by atoms with Gasteiger partial charge in [0.15, 0.2) is 0 Å². The van der Waals surface area contributed by atoms with Gasteiger partial charge in [0.25, 0.3) is 0 Å². The third-order valence-corrected chi connectivity index (χ3v) is 2.42. The minimum Gasteiger partial charge on any atom is -0.360 e. The molecule has 0 aromatic rings. The first-order valence-electron chi connectivity index (χ1n) is 5.88. The van der Waals surface area contributed by atoms with Gasteiger partial charge in [0.2, 0.25) is 0 Å². The Labute approximate surface area is 88.4 Å². The van der Waals surface area contributed by atoms with Gasteiger partial charge in [0.05, 0.1) is 5.84 Å². The summed E-state index contributed by atoms with van der Waals surface area (Å²) in [5.74, 6) is 2.81. The van der Waals surface area contributed by atoms with Gasteiger partial charge in [-0.05, 0) is 18.3 Å². The summed E-state index contributed by atoms with van der Waals surface area (Å²) in [5, 5.41) is 0. The fourth-order valence-corrected chi connectivity index (χ4v) is 1.89. The van der Waals surface area contributed by atoms with E-state index in [1.807, 2.05) is 0 Å². The van der Waals surface area contributed by atoms with Crippen molar-refractivity contribution >= 4 is 5.84 Å². The van der Waals surface area contributed by atoms with Crippen LogP contribution in [0.1, 0.15) is 40.5 Å². The van der Waals surface area contributed by atoms with Crippen molar-refractivity contribution in [1.29, 1.82) is 0 Å². The van der Waals surface area contributed by atoms with Gasteiger partial charge in [0.1, 0.15) is 0 Å². The van der Waals surface area contributed by atoms with E-state index >= 15 is 0 Å². The molecule has 0 saturated heterocycles. The fourth-order valence-electron chi connectivity index (χ4n) is 1.89. The molecule has 0 fully saturated rings. The summed E-state index contributed by atoms with van der Waals surface area (Å²) < 4.78 is 0. The Morgan fingerprint density at radius 3 is 2.50 bits per heavy atom. The maximum absolute atomic E-state index is 4.65. The number of hydrogen-bond acceptors (Lipinski definition) is 2. The van der Waals surface area contributed by atoms with E-state index in [4.69, 9.17) is 0 Å². The second kappa shape index (κ2) is 5.38. The lowest BCUT2D eigenvalue weighted by molar-refractivity contribution is 0.337. The molecule has 0 N–H and O–H groups in total. The highest BCUT2D eigenvalue weighted by Gasteiger charge is 2.16. The van der Waals surface area contributed by atoms with Gasteiger partial charge in [-0.3, -0.25) is 4.99 Å². The largest absolute Gasteiger partial charge is 0.360 e. The van der Waals surface area contributed by atoms with Gasteiger partial charge < -0.3 is 4.90 Å². The minimum absolute atomic E-state index is 0.724. The van der Waals surface area contributed by atoms with E-state index in [-0.39, 0.29) is 0 Å². The average molecular weight is 196 g/mol. The Kier molecular flexibility index (Phi) is 4.43. The summed E-state index contributed by atoms with van der Waals surface area (Å²) >= 11 is 0. The molecule has 0 bridgehead atoms. The molecular weight excluding hydrogens is 172 g/mol. The first-order chi connectivity index (χ1) is 6.59. The molecule has 0 atom stereocenters. The monoisotopic (exact) mass is 196 g/mol. The zero-order chi connectivity index (χ0) is 10.6. The predicted octanol–water partition coefficient (Wildman–Crippen LogP) is 2.79. The number of nitrogens with zero attached hydrogens (tertiary/aromatic N) is 2. The van der Waals surface area contributed by atoms with Crippen molar-refractivity contribution in [3.63, 3.8) is 0 Å². The molecule has 1 aliphatic heterocycles. The van der Waals surface area contributed by atoms with Crippen LogP contribution in [0.2, 0.25) is 0 Å². The van der Waals surface area contributed by atoms with Crippen molar-refractivity contribution in [2.75, 3.05) is 19.6 Å². The Balaban J connectivity index is 2.53. The van der Waals surface area contributed by atoms with Crippen LogP contribution in [0.3, 0.4) is 0 Å². The highest BCUT2D eigenvalue weighted by Crippen LogP contribution is 2.12. The van der Waals surface area contributed by atoms with Crippen molar-refractivity contribution in [3.05, 3.63) is 0 Å². The first kappa shape index (κ1) is 11.5. The maximum Gasteiger partial charge on any atom is 0.0991 e. The van der Waals surface area contributed by atoms with E-state index in [2.05, 4.69) is 37.6 Å². The van der Waals surface area contributed by atoms with Gasteiger partial charge in [-0.1, -0.05) is 27.7 Å². The molecular formula is C12H24N2. The highest BCUT2D eigenvalue weighted by atomic mass is 15.2. The van der Waals surface area contributed by atoms with Crippen LogP contribution < -0.4 is 0 Å². The van der Waals surface area contributed by atoms with E-state index in [9.17, 15) is 0 Å². The number of amidine groups is 1. The van der Waals surface area contributed by atoms with E-state index in [1.165, 1.54) is 25.3 Å². The van der Waals surface area contributed by atoms with Gasteiger partial charge in [-0.15, -0.1) is 0 Å². The lowest BCUT2D eigenvalue weighted by atomic mass is 10.1. The summed E-state index contributed by atoms with van der Waals surface area (Å²) in [5.41, 5.74) is 0. The number of rotatable bonds is 4. The Bertz CT molecular complexity index is 194. The maximum atomic E-state index is 4.65. The van der Waals surface area contributed by atoms with Crippen molar-refractivity contribution in [2.24, 2.45) is 16.8 Å². The van der Waals surface area contributed by atoms with E-state index in [0.29, 0.717) is 0 Å². The molecule has 14 heavy (non-hydrogen) atoms. The Morgan fingerprint density at radius 1 is 1.21 bits per heavy atom. The molecule has 82 valence electrons. The Hall–Kier alpha value is -0.530. The average Bonchev–Trinajstić information content (AvgIpc) is 2.06. The van der Waals surface area contributed by atoms with E-state index < -0.39 is 0 Å². The second-order valence-electron chi connectivity index (χ2n) is 5.09. The molecule has 0 saturated carbocycles. The molecule has 0 aliphatic carbocycles. The van der Waals surface area contributed by atoms with Crippen LogP contribution in [0.25, 0.3) is 0 Å². The molecule has 1 rings (SSSR count). The third kappa shape index (κ3) is 3.69. The molecule has 0 aromatic carbocycles. The van der Waals surface area contributed by atoms with Crippen LogP contribution in [0.5, 0.6) is 0 Å². The Morgan fingerprint density at radius 2 is 1.93 bits per heavy atom. The van der Waals surface area contributed by atoms with Crippen molar-refractivity contribution in [2.45, 2.75) is 40.5 Å². The summed E-state index contributed by atoms with van der Waals surface area (Å²) in [4.78, 5) is 7.13. The van der Waals surface area contributed by atoms with Crippen LogP contribution in [-0.4, -0.2) is 30.4 Å². The number of aliphatic imine (C=N–C) groups is 1. The summed E-state index contributed by atoms with van der Waals surface area (Å²) in [6.07, 6.45) is 2.38. The summed E-state index contributed by atoms with van der Waals surface area (Å²) in [6, 6.07) is 0. The van der Waals surface area contributed by atoms with E-state index in [0.717, 1.165) is 24.8 Å². The minimum atomic E-state index is 0.724. The topological polar surface area (TPSA) is 15.6 Å². The van der Waals surface area contributed by atoms with Gasteiger partial charge in [0, 0.05) is 26.1 Å². The van der Waals surface area contributed by atoms with Crippen LogP contribution in [-0.2, 0) is 0 Å². The van der Waals surface area contributed by atoms with Crippen molar-refractivity contribution in [3.8, 4) is 0 Å². The van der Waals surface area contributed by atoms with Crippen molar-refractivity contribution in [1.82, 2.24) is 4.90 Å². The molecule has 0 amide bonds. The quantitative estimate of drug-likeness (QED) is 0.675. The van der Waals surface area contributed by atoms with Crippen LogP contribution in [0.15, 0.2) is 4.99 Å². The second-order valence-corrected chi connectivity index (χ2v) is 5.09. The highest BCUT2D eigenvalue weighted by molar-refractivity contribution is 5.83. The molecule has 0 spiro atoms. The fraction of sp³-hybridized carbons (Fsp3) is 0.917. The van der Waals surface area contributed by atoms with Crippen molar-refractivity contribution < 1.29 is 0 Å². The first-order valence-corrected chi connectivity index (χ1v) is 5.88. The molecule has 1 aliphatic rings. The predicted molar refractivity (Wildman–Crippen MR) is 62.8 cm³/mol. The molecule has 1 heterocycles. The standard InChI is InChI=1S/C12H24N2/c1-10(2)8-12-13-6-5-7-14(12)9-11(3)4/h10-11H,5-9H2,1-4H3. The van der Waals surface area contributed by atoms with E-state index in [1.54, 1.807) is 0 Å². The lowest BCUT2D eigenvalue weighted by Gasteiger charge is -2.31. The zero-order valence-electron chi connectivity index (χ0n) is 10.1. The van der Waals surface area contributed by atoms with Gasteiger partial charge >= 0.3 is 0 Å². The summed E-state index contributed by atoms with van der Waals surface area (Å²) in [7, 11) is 0. The lowest BCUT2D eigenvalue weighted by Crippen LogP contribution is -2.38. The normalized spacial score (nSPS) is 17.9. The van der Waals surface area contributed by atoms with Gasteiger partial charge in [-0.25, -0.2) is 0 Å². The smallest absolute Gasteiger partial charge is 0.0991 e. The SMILES string of the molecule is CC(C)CC1=NCCCN1CC(C)C. The molecule has 0 unspecified atom stereocenters. The molecule has 0 aromatic heterocycles. The molecule has 2 nitrogen and oxygen atoms in total. The van der Waals surface area contributed by atoms with Crippen LogP contribution in [0, 0.1) is 11.8 Å². The van der Waals surface area contributed by atoms with Crippen LogP contribution >= 0.6 is 0 Å². The molecule has 2 heteroatoms. The van der Waals surface area contributed by atoms with Crippen LogP contribution in [0.4, 0.5) is 0 Å².